The molecule has 0 heterocycles. The maximum Gasteiger partial charge on any atom is 0.119 e. The van der Waals surface area contributed by atoms with E-state index in [0.29, 0.717) is 0 Å². The Morgan fingerprint density at radius 2 is 0.641 bits per heavy atom. The molecule has 0 aliphatic rings. The number of hydrogen-bond donors (Lipinski definition) is 0. The summed E-state index contributed by atoms with van der Waals surface area (Å²) in [6, 6.07) is 17.2. The van der Waals surface area contributed by atoms with Crippen molar-refractivity contribution in [2.75, 3.05) is 40.6 Å². The van der Waals surface area contributed by atoms with E-state index in [0.717, 1.165) is 57.2 Å². The molecule has 2 rings (SSSR count). The molecule has 0 aromatic heterocycles. The molecule has 0 spiro atoms. The molecule has 0 saturated carbocycles. The van der Waals surface area contributed by atoms with Gasteiger partial charge < -0.3 is 18.9 Å². The van der Waals surface area contributed by atoms with Gasteiger partial charge in [0.2, 0.25) is 0 Å². The molecule has 2 aromatic carbocycles. The van der Waals surface area contributed by atoms with Crippen molar-refractivity contribution in [3.8, 4) is 11.5 Å². The van der Waals surface area contributed by atoms with E-state index in [4.69, 9.17) is 18.9 Å². The molecule has 4 nitrogen and oxygen atoms in total. The third-order valence-electron chi connectivity index (χ3n) is 7.28. The minimum Gasteiger partial charge on any atom is -0.494 e. The summed E-state index contributed by atoms with van der Waals surface area (Å²) in [6.45, 7) is 3.42. The second-order valence-electron chi connectivity index (χ2n) is 10.8. The zero-order valence-electron chi connectivity index (χ0n) is 25.1. The van der Waals surface area contributed by atoms with E-state index in [2.05, 4.69) is 48.5 Å². The van der Waals surface area contributed by atoms with Gasteiger partial charge in [0.15, 0.2) is 0 Å². The lowest BCUT2D eigenvalue weighted by Crippen LogP contribution is -1.98. The Morgan fingerprint density at radius 1 is 0.359 bits per heavy atom. The van der Waals surface area contributed by atoms with Crippen LogP contribution in [0.25, 0.3) is 0 Å². The Kier molecular flexibility index (Phi) is 20.3. The van der Waals surface area contributed by atoms with E-state index in [-0.39, 0.29) is 0 Å². The average molecular weight is 541 g/mol. The smallest absolute Gasteiger partial charge is 0.119 e. The van der Waals surface area contributed by atoms with Crippen molar-refractivity contribution in [1.82, 2.24) is 0 Å². The number of unbranched alkanes of at least 4 members (excludes halogenated alkanes) is 14. The Labute approximate surface area is 239 Å². The topological polar surface area (TPSA) is 36.9 Å². The molecule has 2 aromatic rings. The van der Waals surface area contributed by atoms with Crippen LogP contribution >= 0.6 is 0 Å². The van der Waals surface area contributed by atoms with Crippen molar-refractivity contribution in [3.05, 3.63) is 59.7 Å². The first-order valence-corrected chi connectivity index (χ1v) is 15.7. The fourth-order valence-corrected chi connectivity index (χ4v) is 4.84. The highest BCUT2D eigenvalue weighted by Crippen LogP contribution is 2.19. The van der Waals surface area contributed by atoms with Crippen LogP contribution in [0.3, 0.4) is 0 Å². The van der Waals surface area contributed by atoms with E-state index >= 15 is 0 Å². The van der Waals surface area contributed by atoms with Crippen molar-refractivity contribution in [2.45, 2.75) is 109 Å². The van der Waals surface area contributed by atoms with Gasteiger partial charge in [-0.3, -0.25) is 0 Å². The zero-order chi connectivity index (χ0) is 27.6. The second kappa shape index (κ2) is 23.8. The summed E-state index contributed by atoms with van der Waals surface area (Å²) in [4.78, 5) is 0. The monoisotopic (exact) mass is 540 g/mol. The SMILES string of the molecule is COCCCCCCCCCCOc1ccc(Cc2ccc(OCCCCCCCCCCOC)cc2)cc1. The number of ether oxygens (including phenoxy) is 4. The quantitative estimate of drug-likeness (QED) is 0.111. The first kappa shape index (κ1) is 33.2. The molecule has 39 heavy (non-hydrogen) atoms. The molecule has 0 fully saturated rings. The number of methoxy groups -OCH3 is 2. The van der Waals surface area contributed by atoms with E-state index in [1.165, 1.54) is 101 Å². The number of hydrogen-bond acceptors (Lipinski definition) is 4. The van der Waals surface area contributed by atoms with Crippen LogP contribution in [0.1, 0.15) is 114 Å². The molecule has 0 radical (unpaired) electrons. The predicted octanol–water partition coefficient (Wildman–Crippen LogP) is 9.57. The van der Waals surface area contributed by atoms with Gasteiger partial charge in [-0.25, -0.2) is 0 Å². The molecule has 220 valence electrons. The molecular formula is C35H56O4. The molecule has 0 aliphatic carbocycles. The molecule has 0 amide bonds. The third-order valence-corrected chi connectivity index (χ3v) is 7.28. The van der Waals surface area contributed by atoms with Crippen LogP contribution < -0.4 is 9.47 Å². The Morgan fingerprint density at radius 3 is 0.949 bits per heavy atom. The van der Waals surface area contributed by atoms with Crippen molar-refractivity contribution >= 4 is 0 Å². The molecule has 4 heteroatoms. The van der Waals surface area contributed by atoms with Gasteiger partial charge in [0, 0.05) is 27.4 Å². The van der Waals surface area contributed by atoms with Crippen LogP contribution in [-0.2, 0) is 15.9 Å². The van der Waals surface area contributed by atoms with Crippen molar-refractivity contribution in [3.63, 3.8) is 0 Å². The molecule has 0 saturated heterocycles. The summed E-state index contributed by atoms with van der Waals surface area (Å²) in [5, 5.41) is 0. The summed E-state index contributed by atoms with van der Waals surface area (Å²) in [5.74, 6) is 1.95. The van der Waals surface area contributed by atoms with Gasteiger partial charge in [-0.2, -0.15) is 0 Å². The largest absolute Gasteiger partial charge is 0.494 e. The van der Waals surface area contributed by atoms with Gasteiger partial charge in [-0.1, -0.05) is 101 Å². The first-order valence-electron chi connectivity index (χ1n) is 15.7. The van der Waals surface area contributed by atoms with Gasteiger partial charge in [0.1, 0.15) is 11.5 Å². The van der Waals surface area contributed by atoms with Crippen LogP contribution in [0, 0.1) is 0 Å². The lowest BCUT2D eigenvalue weighted by atomic mass is 10.0. The normalized spacial score (nSPS) is 11.1. The Bertz CT molecular complexity index is 720. The van der Waals surface area contributed by atoms with Crippen LogP contribution in [-0.4, -0.2) is 40.6 Å². The molecule has 0 atom stereocenters. The molecule has 0 N–H and O–H groups in total. The van der Waals surface area contributed by atoms with Gasteiger partial charge >= 0.3 is 0 Å². The summed E-state index contributed by atoms with van der Waals surface area (Å²) >= 11 is 0. The fourth-order valence-electron chi connectivity index (χ4n) is 4.84. The third kappa shape index (κ3) is 18.0. The molecular weight excluding hydrogens is 484 g/mol. The lowest BCUT2D eigenvalue weighted by molar-refractivity contribution is 0.192. The van der Waals surface area contributed by atoms with Crippen molar-refractivity contribution in [2.24, 2.45) is 0 Å². The van der Waals surface area contributed by atoms with Crippen LogP contribution in [0.15, 0.2) is 48.5 Å². The van der Waals surface area contributed by atoms with Gasteiger partial charge in [0.25, 0.3) is 0 Å². The summed E-state index contributed by atoms with van der Waals surface area (Å²) < 4.78 is 22.1. The molecule has 0 unspecified atom stereocenters. The molecule has 0 bridgehead atoms. The highest BCUT2D eigenvalue weighted by Gasteiger charge is 2.01. The van der Waals surface area contributed by atoms with Crippen LogP contribution in [0.4, 0.5) is 0 Å². The first-order chi connectivity index (χ1) is 19.3. The van der Waals surface area contributed by atoms with E-state index in [1.54, 1.807) is 14.2 Å². The van der Waals surface area contributed by atoms with Gasteiger partial charge in [-0.05, 0) is 67.5 Å². The zero-order valence-corrected chi connectivity index (χ0v) is 25.1. The second-order valence-corrected chi connectivity index (χ2v) is 10.8. The fraction of sp³-hybridized carbons (Fsp3) is 0.657. The minimum atomic E-state index is 0.809. The highest BCUT2D eigenvalue weighted by atomic mass is 16.5. The maximum atomic E-state index is 5.96. The van der Waals surface area contributed by atoms with E-state index in [1.807, 2.05) is 0 Å². The maximum absolute atomic E-state index is 5.96. The van der Waals surface area contributed by atoms with Crippen molar-refractivity contribution in [1.29, 1.82) is 0 Å². The highest BCUT2D eigenvalue weighted by molar-refractivity contribution is 5.34. The van der Waals surface area contributed by atoms with Crippen LogP contribution in [0.2, 0.25) is 0 Å². The van der Waals surface area contributed by atoms with Gasteiger partial charge in [-0.15, -0.1) is 0 Å². The minimum absolute atomic E-state index is 0.809. The summed E-state index contributed by atoms with van der Waals surface area (Å²) in [7, 11) is 3.56. The summed E-state index contributed by atoms with van der Waals surface area (Å²) in [5.41, 5.74) is 2.61. The van der Waals surface area contributed by atoms with E-state index in [9.17, 15) is 0 Å². The number of benzene rings is 2. The molecule has 0 aliphatic heterocycles. The summed E-state index contributed by atoms with van der Waals surface area (Å²) in [6.07, 6.45) is 21.4. The van der Waals surface area contributed by atoms with Crippen molar-refractivity contribution < 1.29 is 18.9 Å². The number of rotatable bonds is 26. The van der Waals surface area contributed by atoms with Crippen LogP contribution in [0.5, 0.6) is 11.5 Å². The Hall–Kier alpha value is -2.04. The van der Waals surface area contributed by atoms with E-state index < -0.39 is 0 Å². The average Bonchev–Trinajstić information content (AvgIpc) is 2.96. The van der Waals surface area contributed by atoms with Gasteiger partial charge in [0.05, 0.1) is 13.2 Å². The Balaban J connectivity index is 1.48. The standard InChI is InChI=1S/C35H56O4/c1-36-27-15-11-7-3-5-9-13-17-29-38-34-23-19-32(20-24-34)31-33-21-25-35(26-22-33)39-30-18-14-10-6-4-8-12-16-28-37-2/h19-26H,3-18,27-31H2,1-2H3. The lowest BCUT2D eigenvalue weighted by Gasteiger charge is -2.09. The predicted molar refractivity (Wildman–Crippen MR) is 164 cm³/mol.